The Morgan fingerprint density at radius 1 is 0.920 bits per heavy atom. The van der Waals surface area contributed by atoms with Crippen molar-refractivity contribution in [2.75, 3.05) is 32.8 Å². The molecule has 1 spiro atoms. The predicted molar refractivity (Wildman–Crippen MR) is 96.3 cm³/mol. The number of piperidine rings is 2. The molecule has 0 bridgehead atoms. The summed E-state index contributed by atoms with van der Waals surface area (Å²) < 4.78 is 5.97. The van der Waals surface area contributed by atoms with Gasteiger partial charge in [0.15, 0.2) is 0 Å². The largest absolute Gasteiger partial charge is 0.390 e. The van der Waals surface area contributed by atoms with Crippen molar-refractivity contribution in [2.45, 2.75) is 82.0 Å². The molecule has 1 unspecified atom stereocenters. The number of aliphatic hydroxyl groups excluding tert-OH is 1. The number of ether oxygens (including phenoxy) is 1. The first-order valence-electron chi connectivity index (χ1n) is 10.5. The fourth-order valence-corrected chi connectivity index (χ4v) is 5.53. The molecule has 25 heavy (non-hydrogen) atoms. The van der Waals surface area contributed by atoms with Gasteiger partial charge >= 0.3 is 0 Å². The van der Waals surface area contributed by atoms with Gasteiger partial charge in [0.25, 0.3) is 0 Å². The Morgan fingerprint density at radius 2 is 1.60 bits per heavy atom. The van der Waals surface area contributed by atoms with Crippen molar-refractivity contribution in [3.05, 3.63) is 0 Å². The van der Waals surface area contributed by atoms with E-state index in [0.717, 1.165) is 77.4 Å². The maximum atomic E-state index is 12.9. The lowest BCUT2D eigenvalue weighted by molar-refractivity contribution is -0.181. The van der Waals surface area contributed by atoms with Gasteiger partial charge in [-0.05, 0) is 64.5 Å². The molecule has 4 rings (SSSR count). The monoisotopic (exact) mass is 350 g/mol. The Balaban J connectivity index is 1.26. The van der Waals surface area contributed by atoms with Gasteiger partial charge in [-0.2, -0.15) is 0 Å². The molecular formula is C20H34N2O3. The highest BCUT2D eigenvalue weighted by atomic mass is 16.5. The third-order valence-electron chi connectivity index (χ3n) is 7.26. The van der Waals surface area contributed by atoms with E-state index in [1.165, 1.54) is 25.7 Å². The topological polar surface area (TPSA) is 53.0 Å². The second-order valence-electron chi connectivity index (χ2n) is 8.65. The Labute approximate surface area is 151 Å². The molecule has 3 heterocycles. The zero-order valence-electron chi connectivity index (χ0n) is 15.5. The van der Waals surface area contributed by atoms with Crippen molar-refractivity contribution in [3.8, 4) is 0 Å². The number of carbonyl (C=O) groups excluding carboxylic acids is 1. The lowest BCUT2D eigenvalue weighted by atomic mass is 9.81. The van der Waals surface area contributed by atoms with E-state index in [2.05, 4.69) is 4.90 Å². The van der Waals surface area contributed by atoms with Crippen LogP contribution in [0.4, 0.5) is 0 Å². The van der Waals surface area contributed by atoms with Crippen LogP contribution in [0.15, 0.2) is 0 Å². The van der Waals surface area contributed by atoms with Crippen LogP contribution in [0.3, 0.4) is 0 Å². The molecular weight excluding hydrogens is 316 g/mol. The van der Waals surface area contributed by atoms with Gasteiger partial charge in [-0.15, -0.1) is 0 Å². The van der Waals surface area contributed by atoms with Crippen LogP contribution in [0.5, 0.6) is 0 Å². The number of rotatable bonds is 2. The summed E-state index contributed by atoms with van der Waals surface area (Å²) in [5.74, 6) is 0.565. The van der Waals surface area contributed by atoms with Crippen LogP contribution in [0.2, 0.25) is 0 Å². The van der Waals surface area contributed by atoms with E-state index in [9.17, 15) is 9.90 Å². The number of aliphatic hydroxyl groups is 1. The standard InChI is InChI=1S/C20H34N2O3/c23-18-6-3-15-25-20(18)9-13-22(14-10-20)19(24)16-7-11-21(12-8-16)17-4-1-2-5-17/h16-18,23H,1-15H2. The molecule has 4 aliphatic rings. The number of likely N-dealkylation sites (tertiary alicyclic amines) is 2. The Hall–Kier alpha value is -0.650. The second kappa shape index (κ2) is 7.53. The molecule has 1 amide bonds. The second-order valence-corrected chi connectivity index (χ2v) is 8.65. The summed E-state index contributed by atoms with van der Waals surface area (Å²) >= 11 is 0. The van der Waals surface area contributed by atoms with Crippen LogP contribution >= 0.6 is 0 Å². The number of hydrogen-bond donors (Lipinski definition) is 1. The molecule has 5 heteroatoms. The van der Waals surface area contributed by atoms with E-state index in [-0.39, 0.29) is 17.6 Å². The van der Waals surface area contributed by atoms with Crippen LogP contribution < -0.4 is 0 Å². The van der Waals surface area contributed by atoms with Gasteiger partial charge < -0.3 is 19.6 Å². The molecule has 0 aromatic carbocycles. The summed E-state index contributed by atoms with van der Waals surface area (Å²) in [4.78, 5) is 17.6. The summed E-state index contributed by atoms with van der Waals surface area (Å²) in [7, 11) is 0. The molecule has 3 saturated heterocycles. The van der Waals surface area contributed by atoms with Crippen molar-refractivity contribution in [1.29, 1.82) is 0 Å². The minimum atomic E-state index is -0.374. The van der Waals surface area contributed by atoms with E-state index in [4.69, 9.17) is 4.74 Å². The smallest absolute Gasteiger partial charge is 0.225 e. The highest BCUT2D eigenvalue weighted by Gasteiger charge is 2.45. The summed E-state index contributed by atoms with van der Waals surface area (Å²) in [6.07, 6.45) is 10.5. The fraction of sp³-hybridized carbons (Fsp3) is 0.950. The zero-order chi connectivity index (χ0) is 17.3. The van der Waals surface area contributed by atoms with Gasteiger partial charge in [0.05, 0.1) is 11.7 Å². The predicted octanol–water partition coefficient (Wildman–Crippen LogP) is 2.17. The summed E-state index contributed by atoms with van der Waals surface area (Å²) in [6, 6.07) is 0.788. The first-order valence-corrected chi connectivity index (χ1v) is 10.5. The third-order valence-corrected chi connectivity index (χ3v) is 7.26. The minimum Gasteiger partial charge on any atom is -0.390 e. The SMILES string of the molecule is O=C(C1CCN(C2CCCC2)CC1)N1CCC2(CC1)OCCCC2O. The van der Waals surface area contributed by atoms with Crippen LogP contribution in [0.25, 0.3) is 0 Å². The molecule has 0 aromatic heterocycles. The van der Waals surface area contributed by atoms with E-state index in [1.807, 2.05) is 4.90 Å². The first-order chi connectivity index (χ1) is 12.2. The van der Waals surface area contributed by atoms with Crippen LogP contribution in [0, 0.1) is 5.92 Å². The van der Waals surface area contributed by atoms with Crippen molar-refractivity contribution in [2.24, 2.45) is 5.92 Å². The number of amides is 1. The Kier molecular flexibility index (Phi) is 5.35. The van der Waals surface area contributed by atoms with Gasteiger partial charge in [0, 0.05) is 31.7 Å². The minimum absolute atomic E-state index is 0.212. The molecule has 3 aliphatic heterocycles. The Morgan fingerprint density at radius 3 is 2.24 bits per heavy atom. The van der Waals surface area contributed by atoms with Gasteiger partial charge in [-0.3, -0.25) is 4.79 Å². The maximum Gasteiger partial charge on any atom is 0.225 e. The lowest BCUT2D eigenvalue weighted by Gasteiger charge is -2.47. The quantitative estimate of drug-likeness (QED) is 0.829. The fourth-order valence-electron chi connectivity index (χ4n) is 5.53. The summed E-state index contributed by atoms with van der Waals surface area (Å²) in [5, 5.41) is 10.4. The number of carbonyl (C=O) groups is 1. The van der Waals surface area contributed by atoms with Crippen molar-refractivity contribution in [1.82, 2.24) is 9.80 Å². The molecule has 1 saturated carbocycles. The molecule has 4 fully saturated rings. The maximum absolute atomic E-state index is 12.9. The van der Waals surface area contributed by atoms with Gasteiger partial charge in [-0.1, -0.05) is 12.8 Å². The molecule has 142 valence electrons. The van der Waals surface area contributed by atoms with Crippen molar-refractivity contribution in [3.63, 3.8) is 0 Å². The van der Waals surface area contributed by atoms with Crippen LogP contribution in [-0.2, 0) is 9.53 Å². The van der Waals surface area contributed by atoms with Crippen LogP contribution in [-0.4, -0.2) is 71.3 Å². The first kappa shape index (κ1) is 17.7. The van der Waals surface area contributed by atoms with E-state index >= 15 is 0 Å². The average Bonchev–Trinajstić information content (AvgIpc) is 3.19. The van der Waals surface area contributed by atoms with Crippen LogP contribution in [0.1, 0.15) is 64.2 Å². The average molecular weight is 351 g/mol. The Bertz CT molecular complexity index is 462. The molecule has 0 aromatic rings. The van der Waals surface area contributed by atoms with E-state index in [0.29, 0.717) is 5.91 Å². The zero-order valence-corrected chi connectivity index (χ0v) is 15.5. The van der Waals surface area contributed by atoms with E-state index < -0.39 is 0 Å². The molecule has 1 N–H and O–H groups in total. The third kappa shape index (κ3) is 3.60. The lowest BCUT2D eigenvalue weighted by Crippen LogP contribution is -2.57. The van der Waals surface area contributed by atoms with Gasteiger partial charge in [0.1, 0.15) is 0 Å². The van der Waals surface area contributed by atoms with Gasteiger partial charge in [0.2, 0.25) is 5.91 Å². The summed E-state index contributed by atoms with van der Waals surface area (Å²) in [6.45, 7) is 4.45. The molecule has 1 atom stereocenters. The van der Waals surface area contributed by atoms with E-state index in [1.54, 1.807) is 0 Å². The highest BCUT2D eigenvalue weighted by Crippen LogP contribution is 2.36. The molecule has 1 aliphatic carbocycles. The normalized spacial score (nSPS) is 32.4. The number of hydrogen-bond acceptors (Lipinski definition) is 4. The number of nitrogens with zero attached hydrogens (tertiary/aromatic N) is 2. The highest BCUT2D eigenvalue weighted by molar-refractivity contribution is 5.79. The molecule has 5 nitrogen and oxygen atoms in total. The molecule has 0 radical (unpaired) electrons. The summed E-state index contributed by atoms with van der Waals surface area (Å²) in [5.41, 5.74) is -0.374. The van der Waals surface area contributed by atoms with Gasteiger partial charge in [-0.25, -0.2) is 0 Å². The van der Waals surface area contributed by atoms with Crippen molar-refractivity contribution < 1.29 is 14.6 Å². The van der Waals surface area contributed by atoms with Crippen molar-refractivity contribution >= 4 is 5.91 Å².